The predicted molar refractivity (Wildman–Crippen MR) is 90.7 cm³/mol. The van der Waals surface area contributed by atoms with Crippen LogP contribution in [0.5, 0.6) is 11.5 Å². The minimum atomic E-state index is 0.578. The van der Waals surface area contributed by atoms with E-state index in [4.69, 9.17) is 16.3 Å². The van der Waals surface area contributed by atoms with Crippen LogP contribution in [0, 0.1) is 0 Å². The summed E-state index contributed by atoms with van der Waals surface area (Å²) in [6.45, 7) is 3.74. The van der Waals surface area contributed by atoms with Gasteiger partial charge in [0.15, 0.2) is 0 Å². The first kappa shape index (κ1) is 15.8. The summed E-state index contributed by atoms with van der Waals surface area (Å²) >= 11 is 13.0. The maximum Gasteiger partial charge on any atom is 0.146 e. The van der Waals surface area contributed by atoms with Crippen LogP contribution < -0.4 is 10.1 Å². The second kappa shape index (κ2) is 7.46. The molecule has 2 aromatic rings. The maximum absolute atomic E-state index is 6.19. The van der Waals surface area contributed by atoms with Crippen molar-refractivity contribution in [3.63, 3.8) is 0 Å². The second-order valence-electron chi connectivity index (χ2n) is 4.21. The predicted octanol–water partition coefficient (Wildman–Crippen LogP) is 5.77. The van der Waals surface area contributed by atoms with Gasteiger partial charge in [-0.15, -0.1) is 0 Å². The number of ether oxygens (including phenoxy) is 1. The van der Waals surface area contributed by atoms with Crippen LogP contribution in [0.1, 0.15) is 12.5 Å². The molecule has 0 radical (unpaired) electrons. The number of halogens is 3. The van der Waals surface area contributed by atoms with Crippen LogP contribution in [-0.2, 0) is 6.54 Å². The highest BCUT2D eigenvalue weighted by Gasteiger charge is 2.09. The van der Waals surface area contributed by atoms with Crippen LogP contribution in [-0.4, -0.2) is 6.54 Å². The van der Waals surface area contributed by atoms with E-state index < -0.39 is 0 Å². The Balaban J connectivity index is 2.29. The molecule has 0 heterocycles. The minimum absolute atomic E-state index is 0.578. The molecule has 0 saturated heterocycles. The van der Waals surface area contributed by atoms with Crippen molar-refractivity contribution in [3.8, 4) is 11.5 Å². The van der Waals surface area contributed by atoms with E-state index in [1.807, 2.05) is 36.4 Å². The lowest BCUT2D eigenvalue weighted by Crippen LogP contribution is -2.12. The first-order valence-corrected chi connectivity index (χ1v) is 8.18. The molecule has 2 nitrogen and oxygen atoms in total. The number of hydrogen-bond acceptors (Lipinski definition) is 2. The fraction of sp³-hybridized carbons (Fsp3) is 0.200. The van der Waals surface area contributed by atoms with Crippen LogP contribution in [0.25, 0.3) is 0 Å². The highest BCUT2D eigenvalue weighted by molar-refractivity contribution is 9.10. The van der Waals surface area contributed by atoms with Gasteiger partial charge in [-0.05, 0) is 36.9 Å². The average Bonchev–Trinajstić information content (AvgIpc) is 2.41. The third-order valence-corrected chi connectivity index (χ3v) is 3.99. The average molecular weight is 420 g/mol. The molecule has 0 aromatic heterocycles. The summed E-state index contributed by atoms with van der Waals surface area (Å²) in [5.74, 6) is 1.44. The van der Waals surface area contributed by atoms with Gasteiger partial charge in [0.1, 0.15) is 11.5 Å². The lowest BCUT2D eigenvalue weighted by molar-refractivity contribution is 0.473. The summed E-state index contributed by atoms with van der Waals surface area (Å²) in [5, 5.41) is 3.88. The highest BCUT2D eigenvalue weighted by atomic mass is 79.9. The molecule has 0 aliphatic carbocycles. The van der Waals surface area contributed by atoms with E-state index in [0.29, 0.717) is 10.8 Å². The third kappa shape index (κ3) is 4.22. The zero-order chi connectivity index (χ0) is 14.5. The Labute approximate surface area is 140 Å². The van der Waals surface area contributed by atoms with Crippen LogP contribution in [0.3, 0.4) is 0 Å². The van der Waals surface area contributed by atoms with Crippen LogP contribution in [0.15, 0.2) is 45.3 Å². The molecule has 0 aliphatic heterocycles. The summed E-state index contributed by atoms with van der Waals surface area (Å²) in [5.41, 5.74) is 1.09. The molecular formula is C15H14Br2ClNO. The Morgan fingerprint density at radius 3 is 2.45 bits per heavy atom. The number of rotatable bonds is 5. The lowest BCUT2D eigenvalue weighted by atomic mass is 10.2. The Morgan fingerprint density at radius 2 is 1.75 bits per heavy atom. The quantitative estimate of drug-likeness (QED) is 0.665. The zero-order valence-corrected chi connectivity index (χ0v) is 14.8. The number of benzene rings is 2. The van der Waals surface area contributed by atoms with Crippen LogP contribution in [0.2, 0.25) is 5.02 Å². The molecule has 2 aromatic carbocycles. The summed E-state index contributed by atoms with van der Waals surface area (Å²) in [6.07, 6.45) is 0. The largest absolute Gasteiger partial charge is 0.455 e. The van der Waals surface area contributed by atoms with Crippen molar-refractivity contribution in [1.82, 2.24) is 5.32 Å². The normalized spacial score (nSPS) is 10.6. The van der Waals surface area contributed by atoms with Gasteiger partial charge in [0, 0.05) is 21.1 Å². The molecule has 1 N–H and O–H groups in total. The van der Waals surface area contributed by atoms with E-state index in [-0.39, 0.29) is 0 Å². The Morgan fingerprint density at radius 1 is 1.05 bits per heavy atom. The van der Waals surface area contributed by atoms with Crippen molar-refractivity contribution in [2.75, 3.05) is 6.54 Å². The van der Waals surface area contributed by atoms with Crippen molar-refractivity contribution in [3.05, 3.63) is 55.9 Å². The van der Waals surface area contributed by atoms with E-state index in [2.05, 4.69) is 44.1 Å². The SMILES string of the molecule is CCNCc1ccc(Br)cc1Oc1ccc(Br)cc1Cl. The fourth-order valence-electron chi connectivity index (χ4n) is 1.71. The van der Waals surface area contributed by atoms with Gasteiger partial charge in [0.2, 0.25) is 0 Å². The topological polar surface area (TPSA) is 21.3 Å². The maximum atomic E-state index is 6.19. The number of nitrogens with one attached hydrogen (secondary N) is 1. The van der Waals surface area contributed by atoms with Crippen molar-refractivity contribution >= 4 is 43.5 Å². The Hall–Kier alpha value is -0.550. The third-order valence-electron chi connectivity index (χ3n) is 2.71. The standard InChI is InChI=1S/C15H14Br2ClNO/c1-2-19-9-10-3-4-12(17)8-15(10)20-14-6-5-11(16)7-13(14)18/h3-8,19H,2,9H2,1H3. The lowest BCUT2D eigenvalue weighted by Gasteiger charge is -2.13. The van der Waals surface area contributed by atoms with Crippen molar-refractivity contribution in [2.45, 2.75) is 13.5 Å². The van der Waals surface area contributed by atoms with Gasteiger partial charge in [-0.25, -0.2) is 0 Å². The van der Waals surface area contributed by atoms with E-state index in [1.165, 1.54) is 0 Å². The Bertz CT molecular complexity index is 604. The van der Waals surface area contributed by atoms with Crippen molar-refractivity contribution in [1.29, 1.82) is 0 Å². The van der Waals surface area contributed by atoms with Crippen LogP contribution in [0.4, 0.5) is 0 Å². The molecule has 0 amide bonds. The highest BCUT2D eigenvalue weighted by Crippen LogP contribution is 2.34. The van der Waals surface area contributed by atoms with Gasteiger partial charge in [0.25, 0.3) is 0 Å². The van der Waals surface area contributed by atoms with Gasteiger partial charge >= 0.3 is 0 Å². The first-order valence-electron chi connectivity index (χ1n) is 6.22. The number of hydrogen-bond donors (Lipinski definition) is 1. The van der Waals surface area contributed by atoms with Gasteiger partial charge < -0.3 is 10.1 Å². The Kier molecular flexibility index (Phi) is 5.90. The molecular weight excluding hydrogens is 405 g/mol. The van der Waals surface area contributed by atoms with Crippen molar-refractivity contribution < 1.29 is 4.74 Å². The van der Waals surface area contributed by atoms with E-state index >= 15 is 0 Å². The molecule has 20 heavy (non-hydrogen) atoms. The monoisotopic (exact) mass is 417 g/mol. The second-order valence-corrected chi connectivity index (χ2v) is 6.45. The summed E-state index contributed by atoms with van der Waals surface area (Å²) < 4.78 is 7.85. The fourth-order valence-corrected chi connectivity index (χ4v) is 2.76. The van der Waals surface area contributed by atoms with Crippen LogP contribution >= 0.6 is 43.5 Å². The molecule has 0 saturated carbocycles. The molecule has 0 aliphatic rings. The molecule has 106 valence electrons. The van der Waals surface area contributed by atoms with E-state index in [1.54, 1.807) is 0 Å². The first-order chi connectivity index (χ1) is 9.60. The van der Waals surface area contributed by atoms with Gasteiger partial charge in [-0.1, -0.05) is 56.5 Å². The summed E-state index contributed by atoms with van der Waals surface area (Å²) in [4.78, 5) is 0. The zero-order valence-electron chi connectivity index (χ0n) is 10.9. The smallest absolute Gasteiger partial charge is 0.146 e. The molecule has 5 heteroatoms. The van der Waals surface area contributed by atoms with Gasteiger partial charge in [-0.3, -0.25) is 0 Å². The minimum Gasteiger partial charge on any atom is -0.455 e. The molecule has 0 atom stereocenters. The molecule has 0 unspecified atom stereocenters. The molecule has 0 spiro atoms. The molecule has 0 bridgehead atoms. The van der Waals surface area contributed by atoms with E-state index in [0.717, 1.165) is 33.3 Å². The summed E-state index contributed by atoms with van der Waals surface area (Å²) in [6, 6.07) is 11.6. The van der Waals surface area contributed by atoms with Gasteiger partial charge in [-0.2, -0.15) is 0 Å². The summed E-state index contributed by atoms with van der Waals surface area (Å²) in [7, 11) is 0. The van der Waals surface area contributed by atoms with E-state index in [9.17, 15) is 0 Å². The van der Waals surface area contributed by atoms with Crippen molar-refractivity contribution in [2.24, 2.45) is 0 Å². The molecule has 0 fully saturated rings. The molecule has 2 rings (SSSR count). The van der Waals surface area contributed by atoms with Gasteiger partial charge in [0.05, 0.1) is 5.02 Å².